The number of Topliss-reactive ketones (excluding diaryl/α,β-unsaturated/α-hetero) is 1. The van der Waals surface area contributed by atoms with Crippen LogP contribution < -0.4 is 16.4 Å². The third-order valence-corrected chi connectivity index (χ3v) is 5.59. The molecular formula is C12H27N3O3Si. The zero-order valence-corrected chi connectivity index (χ0v) is 13.1. The van der Waals surface area contributed by atoms with Crippen molar-refractivity contribution in [2.45, 2.75) is 38.4 Å². The number of ketones is 1. The van der Waals surface area contributed by atoms with Crippen LogP contribution >= 0.6 is 0 Å². The lowest BCUT2D eigenvalue weighted by molar-refractivity contribution is -0.121. The zero-order chi connectivity index (χ0) is 14.1. The average molecular weight is 289 g/mol. The van der Waals surface area contributed by atoms with Crippen LogP contribution in [-0.4, -0.2) is 59.6 Å². The molecule has 1 rings (SSSR count). The Morgan fingerprint density at radius 1 is 1.47 bits per heavy atom. The van der Waals surface area contributed by atoms with Gasteiger partial charge in [-0.15, -0.1) is 0 Å². The van der Waals surface area contributed by atoms with Crippen LogP contribution in [0.3, 0.4) is 0 Å². The Labute approximate surface area is 117 Å². The van der Waals surface area contributed by atoms with Crippen LogP contribution in [0.4, 0.5) is 0 Å². The van der Waals surface area contributed by atoms with Crippen LogP contribution in [0.1, 0.15) is 26.7 Å². The highest BCUT2D eigenvalue weighted by Gasteiger charge is 2.36. The van der Waals surface area contributed by atoms with Crippen LogP contribution in [0.5, 0.6) is 0 Å². The Morgan fingerprint density at radius 2 is 2.16 bits per heavy atom. The summed E-state index contributed by atoms with van der Waals surface area (Å²) in [6.45, 7) is 7.02. The van der Waals surface area contributed by atoms with E-state index in [1.165, 1.54) is 0 Å². The second kappa shape index (κ2) is 9.57. The highest BCUT2D eigenvalue weighted by molar-refractivity contribution is 6.52. The molecule has 0 bridgehead atoms. The van der Waals surface area contributed by atoms with Crippen molar-refractivity contribution in [1.29, 1.82) is 0 Å². The molecule has 0 aromatic heterocycles. The van der Waals surface area contributed by atoms with Gasteiger partial charge in [0.05, 0.1) is 6.04 Å². The van der Waals surface area contributed by atoms with E-state index in [9.17, 15) is 4.79 Å². The minimum Gasteiger partial charge on any atom is -0.396 e. The van der Waals surface area contributed by atoms with E-state index in [0.29, 0.717) is 26.3 Å². The standard InChI is InChI=1S/C12H27N3O3Si/c1-3-17-19(18-4-2)12(15-9-7-13)11(16)10-6-5-8-14-10/h10,12,14-15,19H,3-9,13H2,1-2H3/t10-,12?/m1/s1. The van der Waals surface area contributed by atoms with Crippen LogP contribution in [0, 0.1) is 0 Å². The predicted molar refractivity (Wildman–Crippen MR) is 77.3 cm³/mol. The van der Waals surface area contributed by atoms with E-state index in [0.717, 1.165) is 19.4 Å². The number of nitrogens with one attached hydrogen (secondary N) is 2. The number of carbonyl (C=O) groups is 1. The van der Waals surface area contributed by atoms with Gasteiger partial charge in [-0.05, 0) is 33.2 Å². The van der Waals surface area contributed by atoms with Gasteiger partial charge in [0.2, 0.25) is 0 Å². The van der Waals surface area contributed by atoms with Crippen molar-refractivity contribution >= 4 is 15.1 Å². The summed E-state index contributed by atoms with van der Waals surface area (Å²) in [5.74, 6) is 0.171. The molecular weight excluding hydrogens is 262 g/mol. The van der Waals surface area contributed by atoms with Crippen LogP contribution in [0.2, 0.25) is 0 Å². The van der Waals surface area contributed by atoms with Gasteiger partial charge in [-0.1, -0.05) is 0 Å². The van der Waals surface area contributed by atoms with E-state index in [1.807, 2.05) is 13.8 Å². The first kappa shape index (κ1) is 16.7. The molecule has 0 amide bonds. The summed E-state index contributed by atoms with van der Waals surface area (Å²) in [5.41, 5.74) is 5.20. The van der Waals surface area contributed by atoms with Crippen LogP contribution in [0.25, 0.3) is 0 Å². The SMILES string of the molecule is CCO[SiH](OCC)C(NCCN)C(=O)[C@H]1CCCN1. The summed E-state index contributed by atoms with van der Waals surface area (Å²) >= 11 is 0. The number of rotatable bonds is 10. The van der Waals surface area contributed by atoms with Crippen LogP contribution in [0.15, 0.2) is 0 Å². The van der Waals surface area contributed by atoms with Crippen LogP contribution in [-0.2, 0) is 13.6 Å². The highest BCUT2D eigenvalue weighted by Crippen LogP contribution is 2.11. The molecule has 1 fully saturated rings. The summed E-state index contributed by atoms with van der Waals surface area (Å²) in [4.78, 5) is 12.6. The first-order chi connectivity index (χ1) is 9.24. The summed E-state index contributed by atoms with van der Waals surface area (Å²) < 4.78 is 11.4. The van der Waals surface area contributed by atoms with Crippen molar-refractivity contribution in [3.05, 3.63) is 0 Å². The van der Waals surface area contributed by atoms with Gasteiger partial charge in [0.25, 0.3) is 0 Å². The molecule has 0 aliphatic carbocycles. The zero-order valence-electron chi connectivity index (χ0n) is 12.0. The fraction of sp³-hybridized carbons (Fsp3) is 0.917. The number of nitrogens with two attached hydrogens (primary N) is 1. The van der Waals surface area contributed by atoms with Gasteiger partial charge < -0.3 is 25.2 Å². The van der Waals surface area contributed by atoms with Crippen molar-refractivity contribution in [3.63, 3.8) is 0 Å². The fourth-order valence-corrected chi connectivity index (χ4v) is 4.28. The minimum absolute atomic E-state index is 0.0637. The lowest BCUT2D eigenvalue weighted by atomic mass is 10.1. The lowest BCUT2D eigenvalue weighted by Crippen LogP contribution is -2.57. The fourth-order valence-electron chi connectivity index (χ4n) is 2.28. The van der Waals surface area contributed by atoms with Gasteiger partial charge in [0.15, 0.2) is 5.78 Å². The lowest BCUT2D eigenvalue weighted by Gasteiger charge is -2.26. The molecule has 1 aliphatic rings. The topological polar surface area (TPSA) is 85.6 Å². The molecule has 7 heteroatoms. The van der Waals surface area contributed by atoms with E-state index >= 15 is 0 Å². The van der Waals surface area contributed by atoms with Gasteiger partial charge in [0, 0.05) is 26.3 Å². The van der Waals surface area contributed by atoms with Gasteiger partial charge in [-0.25, -0.2) is 0 Å². The molecule has 1 unspecified atom stereocenters. The summed E-state index contributed by atoms with van der Waals surface area (Å²) in [7, 11) is -2.05. The molecule has 4 N–H and O–H groups in total. The molecule has 0 aromatic rings. The monoisotopic (exact) mass is 289 g/mol. The number of carbonyl (C=O) groups excluding carboxylic acids is 1. The molecule has 0 spiro atoms. The molecule has 1 aliphatic heterocycles. The quantitative estimate of drug-likeness (QED) is 0.450. The Kier molecular flexibility index (Phi) is 8.43. The minimum atomic E-state index is -2.05. The third-order valence-electron chi connectivity index (χ3n) is 3.15. The van der Waals surface area contributed by atoms with Gasteiger partial charge in [0.1, 0.15) is 5.67 Å². The largest absolute Gasteiger partial charge is 0.396 e. The molecule has 1 saturated heterocycles. The molecule has 1 heterocycles. The average Bonchev–Trinajstić information content (AvgIpc) is 2.93. The maximum atomic E-state index is 12.6. The number of hydrogen-bond acceptors (Lipinski definition) is 6. The molecule has 2 atom stereocenters. The van der Waals surface area contributed by atoms with E-state index in [-0.39, 0.29) is 17.5 Å². The van der Waals surface area contributed by atoms with Crippen molar-refractivity contribution in [2.24, 2.45) is 5.73 Å². The first-order valence-electron chi connectivity index (χ1n) is 7.18. The van der Waals surface area contributed by atoms with Crippen molar-refractivity contribution in [1.82, 2.24) is 10.6 Å². The van der Waals surface area contributed by atoms with Crippen molar-refractivity contribution in [3.8, 4) is 0 Å². The van der Waals surface area contributed by atoms with Gasteiger partial charge in [-0.3, -0.25) is 4.79 Å². The van der Waals surface area contributed by atoms with Crippen molar-refractivity contribution in [2.75, 3.05) is 32.8 Å². The van der Waals surface area contributed by atoms with Gasteiger partial charge in [-0.2, -0.15) is 0 Å². The maximum Gasteiger partial charge on any atom is 0.346 e. The number of hydrogen-bond donors (Lipinski definition) is 3. The van der Waals surface area contributed by atoms with E-state index in [1.54, 1.807) is 0 Å². The van der Waals surface area contributed by atoms with Gasteiger partial charge >= 0.3 is 9.28 Å². The smallest absolute Gasteiger partial charge is 0.346 e. The predicted octanol–water partition coefficient (Wildman–Crippen LogP) is -0.943. The van der Waals surface area contributed by atoms with E-state index < -0.39 is 9.28 Å². The maximum absolute atomic E-state index is 12.6. The molecule has 19 heavy (non-hydrogen) atoms. The van der Waals surface area contributed by atoms with Crippen molar-refractivity contribution < 1.29 is 13.6 Å². The Balaban J connectivity index is 2.68. The second-order valence-corrected chi connectivity index (χ2v) is 6.62. The summed E-state index contributed by atoms with van der Waals surface area (Å²) in [6, 6.07) is -0.0637. The normalized spacial score (nSPS) is 20.9. The molecule has 0 saturated carbocycles. The first-order valence-corrected chi connectivity index (χ1v) is 8.79. The van der Waals surface area contributed by atoms with E-state index in [4.69, 9.17) is 14.6 Å². The highest BCUT2D eigenvalue weighted by atomic mass is 28.3. The summed E-state index contributed by atoms with van der Waals surface area (Å²) in [6.07, 6.45) is 1.95. The Morgan fingerprint density at radius 3 is 2.63 bits per heavy atom. The Bertz CT molecular complexity index is 257. The second-order valence-electron chi connectivity index (χ2n) is 4.55. The molecule has 0 aromatic carbocycles. The molecule has 6 nitrogen and oxygen atoms in total. The third kappa shape index (κ3) is 5.29. The van der Waals surface area contributed by atoms with E-state index in [2.05, 4.69) is 10.6 Å². The summed E-state index contributed by atoms with van der Waals surface area (Å²) in [5, 5.41) is 6.46. The molecule has 112 valence electrons. The Hall–Kier alpha value is -0.313. The molecule has 0 radical (unpaired) electrons.